The van der Waals surface area contributed by atoms with Crippen molar-refractivity contribution in [2.75, 3.05) is 0 Å². The van der Waals surface area contributed by atoms with Gasteiger partial charge in [0, 0.05) is 6.08 Å². The molecule has 0 bridgehead atoms. The van der Waals surface area contributed by atoms with E-state index >= 15 is 0 Å². The van der Waals surface area contributed by atoms with Crippen molar-refractivity contribution in [2.45, 2.75) is 71.3 Å². The molecular weight excluding hydrogens is 200 g/mol. The predicted molar refractivity (Wildman–Crippen MR) is 68.4 cm³/mol. The van der Waals surface area contributed by atoms with E-state index in [9.17, 15) is 4.79 Å². The van der Waals surface area contributed by atoms with E-state index in [-0.39, 0.29) is 12.1 Å². The normalized spacial score (nSPS) is 10.4. The third-order valence-electron chi connectivity index (χ3n) is 2.71. The van der Waals surface area contributed by atoms with Gasteiger partial charge in [-0.2, -0.15) is 0 Å². The molecule has 0 spiro atoms. The molecule has 0 radical (unpaired) electrons. The Hall–Kier alpha value is -0.790. The van der Waals surface area contributed by atoms with Crippen LogP contribution >= 0.6 is 0 Å². The molecule has 0 aromatic carbocycles. The lowest BCUT2D eigenvalue weighted by molar-refractivity contribution is -0.143. The third-order valence-corrected chi connectivity index (χ3v) is 2.71. The van der Waals surface area contributed by atoms with Crippen molar-refractivity contribution in [2.24, 2.45) is 0 Å². The summed E-state index contributed by atoms with van der Waals surface area (Å²) in [4.78, 5) is 11.1. The highest BCUT2D eigenvalue weighted by molar-refractivity contribution is 5.81. The topological polar surface area (TPSA) is 26.3 Å². The van der Waals surface area contributed by atoms with Crippen LogP contribution in [0.15, 0.2) is 12.7 Å². The van der Waals surface area contributed by atoms with E-state index in [1.165, 1.54) is 31.8 Å². The summed E-state index contributed by atoms with van der Waals surface area (Å²) in [5.74, 6) is -0.280. The molecule has 0 aromatic rings. The second kappa shape index (κ2) is 10.7. The predicted octanol–water partition coefficient (Wildman–Crippen LogP) is 4.24. The molecule has 94 valence electrons. The van der Waals surface area contributed by atoms with Crippen molar-refractivity contribution in [3.05, 3.63) is 12.7 Å². The first-order chi connectivity index (χ1) is 7.74. The standard InChI is InChI=1S/C14H26O2/c1-4-7-9-11-13(12-10-8-5-2)16-14(15)6-3/h6,13H,3-5,7-12H2,1-2H3. The molecular formula is C14H26O2. The first-order valence-corrected chi connectivity index (χ1v) is 6.57. The Labute approximate surface area is 100 Å². The maximum Gasteiger partial charge on any atom is 0.330 e. The van der Waals surface area contributed by atoms with Gasteiger partial charge in [0.2, 0.25) is 0 Å². The van der Waals surface area contributed by atoms with Gasteiger partial charge in [0.15, 0.2) is 0 Å². The van der Waals surface area contributed by atoms with Crippen molar-refractivity contribution in [1.29, 1.82) is 0 Å². The minimum Gasteiger partial charge on any atom is -0.459 e. The largest absolute Gasteiger partial charge is 0.459 e. The van der Waals surface area contributed by atoms with Crippen LogP contribution in [0.25, 0.3) is 0 Å². The fourth-order valence-corrected chi connectivity index (χ4v) is 1.72. The van der Waals surface area contributed by atoms with E-state index in [1.807, 2.05) is 0 Å². The Bertz CT molecular complexity index is 177. The van der Waals surface area contributed by atoms with Gasteiger partial charge in [-0.25, -0.2) is 4.79 Å². The molecule has 0 amide bonds. The molecule has 0 aliphatic carbocycles. The van der Waals surface area contributed by atoms with E-state index < -0.39 is 0 Å². The van der Waals surface area contributed by atoms with Crippen molar-refractivity contribution < 1.29 is 9.53 Å². The van der Waals surface area contributed by atoms with Crippen molar-refractivity contribution in [1.82, 2.24) is 0 Å². The summed E-state index contributed by atoms with van der Waals surface area (Å²) in [6.07, 6.45) is 10.5. The van der Waals surface area contributed by atoms with Crippen LogP contribution in [0.2, 0.25) is 0 Å². The van der Waals surface area contributed by atoms with Gasteiger partial charge in [-0.15, -0.1) is 0 Å². The maximum absolute atomic E-state index is 11.1. The van der Waals surface area contributed by atoms with Crippen LogP contribution in [0.1, 0.15) is 65.2 Å². The summed E-state index contributed by atoms with van der Waals surface area (Å²) in [5, 5.41) is 0. The molecule has 0 aliphatic heterocycles. The van der Waals surface area contributed by atoms with Crippen LogP contribution in [-0.2, 0) is 9.53 Å². The summed E-state index contributed by atoms with van der Waals surface area (Å²) in [7, 11) is 0. The molecule has 0 N–H and O–H groups in total. The first kappa shape index (κ1) is 15.2. The molecule has 0 fully saturated rings. The lowest BCUT2D eigenvalue weighted by atomic mass is 10.0. The summed E-state index contributed by atoms with van der Waals surface area (Å²) >= 11 is 0. The highest BCUT2D eigenvalue weighted by atomic mass is 16.5. The summed E-state index contributed by atoms with van der Waals surface area (Å²) in [6.45, 7) is 7.80. The molecule has 2 heteroatoms. The number of ether oxygens (including phenoxy) is 1. The van der Waals surface area contributed by atoms with Crippen molar-refractivity contribution >= 4 is 5.97 Å². The van der Waals surface area contributed by atoms with Gasteiger partial charge >= 0.3 is 5.97 Å². The SMILES string of the molecule is C=CC(=O)OC(CCCCC)CCCCC. The van der Waals surface area contributed by atoms with E-state index in [4.69, 9.17) is 4.74 Å². The van der Waals surface area contributed by atoms with E-state index in [0.29, 0.717) is 0 Å². The van der Waals surface area contributed by atoms with Crippen LogP contribution in [-0.4, -0.2) is 12.1 Å². The van der Waals surface area contributed by atoms with Crippen LogP contribution in [0.5, 0.6) is 0 Å². The van der Waals surface area contributed by atoms with E-state index in [2.05, 4.69) is 20.4 Å². The average Bonchev–Trinajstić information content (AvgIpc) is 2.29. The fraction of sp³-hybridized carbons (Fsp3) is 0.786. The van der Waals surface area contributed by atoms with Gasteiger partial charge in [0.1, 0.15) is 6.10 Å². The monoisotopic (exact) mass is 226 g/mol. The Morgan fingerprint density at radius 1 is 1.12 bits per heavy atom. The Kier molecular flexibility index (Phi) is 10.2. The highest BCUT2D eigenvalue weighted by Gasteiger charge is 2.11. The van der Waals surface area contributed by atoms with E-state index in [1.54, 1.807) is 0 Å². The number of hydrogen-bond donors (Lipinski definition) is 0. The number of hydrogen-bond acceptors (Lipinski definition) is 2. The summed E-state index contributed by atoms with van der Waals surface area (Å²) in [6, 6.07) is 0. The van der Waals surface area contributed by atoms with Crippen molar-refractivity contribution in [3.63, 3.8) is 0 Å². The van der Waals surface area contributed by atoms with Crippen LogP contribution in [0, 0.1) is 0 Å². The molecule has 0 atom stereocenters. The zero-order chi connectivity index (χ0) is 12.2. The second-order valence-electron chi connectivity index (χ2n) is 4.25. The first-order valence-electron chi connectivity index (χ1n) is 6.57. The number of esters is 1. The average molecular weight is 226 g/mol. The lowest BCUT2D eigenvalue weighted by Gasteiger charge is -2.16. The van der Waals surface area contributed by atoms with E-state index in [0.717, 1.165) is 25.7 Å². The second-order valence-corrected chi connectivity index (χ2v) is 4.25. The number of rotatable bonds is 10. The number of carbonyl (C=O) groups is 1. The highest BCUT2D eigenvalue weighted by Crippen LogP contribution is 2.14. The molecule has 0 unspecified atom stereocenters. The van der Waals surface area contributed by atoms with Crippen molar-refractivity contribution in [3.8, 4) is 0 Å². The zero-order valence-electron chi connectivity index (χ0n) is 10.8. The van der Waals surface area contributed by atoms with Crippen LogP contribution < -0.4 is 0 Å². The minimum absolute atomic E-state index is 0.101. The Morgan fingerprint density at radius 2 is 1.62 bits per heavy atom. The van der Waals surface area contributed by atoms with Crippen LogP contribution in [0.3, 0.4) is 0 Å². The van der Waals surface area contributed by atoms with Crippen LogP contribution in [0.4, 0.5) is 0 Å². The molecule has 0 aliphatic rings. The molecule has 0 saturated carbocycles. The number of unbranched alkanes of at least 4 members (excludes halogenated alkanes) is 4. The molecule has 0 saturated heterocycles. The molecule has 0 aromatic heterocycles. The molecule has 2 nitrogen and oxygen atoms in total. The Balaban J connectivity index is 3.84. The minimum atomic E-state index is -0.280. The lowest BCUT2D eigenvalue weighted by Crippen LogP contribution is -2.16. The number of carbonyl (C=O) groups excluding carboxylic acids is 1. The molecule has 16 heavy (non-hydrogen) atoms. The zero-order valence-corrected chi connectivity index (χ0v) is 10.8. The Morgan fingerprint density at radius 3 is 2.00 bits per heavy atom. The molecule has 0 heterocycles. The van der Waals surface area contributed by atoms with Gasteiger partial charge in [-0.3, -0.25) is 0 Å². The van der Waals surface area contributed by atoms with Gasteiger partial charge in [-0.05, 0) is 25.7 Å². The summed E-state index contributed by atoms with van der Waals surface area (Å²) < 4.78 is 5.34. The fourth-order valence-electron chi connectivity index (χ4n) is 1.72. The quantitative estimate of drug-likeness (QED) is 0.316. The van der Waals surface area contributed by atoms with Gasteiger partial charge < -0.3 is 4.74 Å². The smallest absolute Gasteiger partial charge is 0.330 e. The summed E-state index contributed by atoms with van der Waals surface area (Å²) in [5.41, 5.74) is 0. The van der Waals surface area contributed by atoms with Gasteiger partial charge in [0.25, 0.3) is 0 Å². The van der Waals surface area contributed by atoms with Gasteiger partial charge in [-0.1, -0.05) is 46.1 Å². The molecule has 0 rings (SSSR count). The van der Waals surface area contributed by atoms with Gasteiger partial charge in [0.05, 0.1) is 0 Å². The maximum atomic E-state index is 11.1. The third kappa shape index (κ3) is 8.51.